The summed E-state index contributed by atoms with van der Waals surface area (Å²) in [6.07, 6.45) is 7.65. The van der Waals surface area contributed by atoms with Crippen molar-refractivity contribution in [3.63, 3.8) is 0 Å². The van der Waals surface area contributed by atoms with Crippen LogP contribution in [0.25, 0.3) is 0 Å². The predicted molar refractivity (Wildman–Crippen MR) is 97.7 cm³/mol. The Hall–Kier alpha value is -1.23. The minimum Gasteiger partial charge on any atom is -0.465 e. The van der Waals surface area contributed by atoms with Crippen LogP contribution in [-0.2, 0) is 29.6 Å². The Balaban J connectivity index is 2.58. The summed E-state index contributed by atoms with van der Waals surface area (Å²) in [6.45, 7) is 5.91. The zero-order valence-electron chi connectivity index (χ0n) is 15.5. The lowest BCUT2D eigenvalue weighted by Gasteiger charge is -2.24. The van der Waals surface area contributed by atoms with Gasteiger partial charge in [0.05, 0.1) is 19.8 Å². The molecule has 0 amide bonds. The second kappa shape index (κ2) is 12.2. The van der Waals surface area contributed by atoms with E-state index in [-0.39, 0.29) is 19.8 Å². The molecule has 25 heavy (non-hydrogen) atoms. The van der Waals surface area contributed by atoms with Crippen molar-refractivity contribution in [2.24, 2.45) is 0 Å². The van der Waals surface area contributed by atoms with E-state index >= 15 is 0 Å². The SMILES string of the molecule is CCOC(=O)C(CCCCCc1cccnc1)P(=O)(OCC)OCC. The van der Waals surface area contributed by atoms with Gasteiger partial charge in [-0.2, -0.15) is 0 Å². The number of ether oxygens (including phenoxy) is 1. The quantitative estimate of drug-likeness (QED) is 0.291. The number of pyridine rings is 1. The summed E-state index contributed by atoms with van der Waals surface area (Å²) < 4.78 is 28.8. The monoisotopic (exact) mass is 371 g/mol. The van der Waals surface area contributed by atoms with Crippen molar-refractivity contribution >= 4 is 13.6 Å². The number of unbranched alkanes of at least 4 members (excludes halogenated alkanes) is 2. The van der Waals surface area contributed by atoms with Gasteiger partial charge in [-0.15, -0.1) is 0 Å². The molecule has 1 aromatic rings. The molecule has 0 saturated heterocycles. The van der Waals surface area contributed by atoms with Crippen molar-refractivity contribution < 1.29 is 23.1 Å². The van der Waals surface area contributed by atoms with Crippen LogP contribution in [0.15, 0.2) is 24.5 Å². The molecule has 6 nitrogen and oxygen atoms in total. The van der Waals surface area contributed by atoms with Crippen LogP contribution in [0.4, 0.5) is 0 Å². The molecule has 0 aromatic carbocycles. The molecule has 0 aliphatic carbocycles. The number of hydrogen-bond donors (Lipinski definition) is 0. The maximum atomic E-state index is 13.0. The molecule has 142 valence electrons. The molecular formula is C18H30NO5P. The molecule has 0 N–H and O–H groups in total. The normalized spacial score (nSPS) is 12.8. The van der Waals surface area contributed by atoms with E-state index in [9.17, 15) is 9.36 Å². The summed E-state index contributed by atoms with van der Waals surface area (Å²) in [5.41, 5.74) is 0.337. The van der Waals surface area contributed by atoms with Crippen LogP contribution in [0, 0.1) is 0 Å². The molecule has 1 aromatic heterocycles. The summed E-state index contributed by atoms with van der Waals surface area (Å²) in [6, 6.07) is 3.97. The van der Waals surface area contributed by atoms with Gasteiger partial charge < -0.3 is 13.8 Å². The second-order valence-electron chi connectivity index (χ2n) is 5.60. The highest BCUT2D eigenvalue weighted by Gasteiger charge is 2.41. The van der Waals surface area contributed by atoms with Gasteiger partial charge in [-0.1, -0.05) is 18.9 Å². The Morgan fingerprint density at radius 3 is 2.40 bits per heavy atom. The van der Waals surface area contributed by atoms with Crippen molar-refractivity contribution in [2.45, 2.75) is 58.5 Å². The molecule has 0 radical (unpaired) electrons. The molecule has 1 atom stereocenters. The smallest absolute Gasteiger partial charge is 0.344 e. The van der Waals surface area contributed by atoms with Gasteiger partial charge in [-0.25, -0.2) is 0 Å². The maximum absolute atomic E-state index is 13.0. The first-order valence-corrected chi connectivity index (χ1v) is 10.6. The number of rotatable bonds is 13. The number of carbonyl (C=O) groups excluding carboxylic acids is 1. The van der Waals surface area contributed by atoms with E-state index in [1.165, 1.54) is 5.56 Å². The summed E-state index contributed by atoms with van der Waals surface area (Å²) in [7, 11) is -3.51. The van der Waals surface area contributed by atoms with Gasteiger partial charge >= 0.3 is 13.6 Å². The van der Waals surface area contributed by atoms with Gasteiger partial charge in [0, 0.05) is 12.4 Å². The zero-order chi connectivity index (χ0) is 18.5. The van der Waals surface area contributed by atoms with Crippen LogP contribution in [0.3, 0.4) is 0 Å². The Bertz CT molecular complexity index is 528. The standard InChI is InChI=1S/C18H30NO5P/c1-4-22-18(20)17(25(21,23-5-2)24-6-3)13-9-7-8-11-16-12-10-14-19-15-16/h10,12,14-15,17H,4-9,11,13H2,1-3H3. The van der Waals surface area contributed by atoms with Crippen LogP contribution in [-0.4, -0.2) is 36.4 Å². The molecule has 1 unspecified atom stereocenters. The highest BCUT2D eigenvalue weighted by atomic mass is 31.2. The molecule has 0 bridgehead atoms. The first kappa shape index (κ1) is 21.8. The molecule has 0 aliphatic heterocycles. The third-order valence-electron chi connectivity index (χ3n) is 3.72. The fourth-order valence-corrected chi connectivity index (χ4v) is 4.60. The van der Waals surface area contributed by atoms with Crippen LogP contribution in [0.5, 0.6) is 0 Å². The third-order valence-corrected chi connectivity index (χ3v) is 6.19. The number of carbonyl (C=O) groups is 1. The lowest BCUT2D eigenvalue weighted by molar-refractivity contribution is -0.143. The average molecular weight is 371 g/mol. The second-order valence-corrected chi connectivity index (χ2v) is 7.82. The Labute approximate surface area is 150 Å². The van der Waals surface area contributed by atoms with Gasteiger partial charge in [-0.3, -0.25) is 14.3 Å². The predicted octanol–water partition coefficient (Wildman–Crippen LogP) is 4.38. The van der Waals surface area contributed by atoms with Gasteiger partial charge in [0.15, 0.2) is 5.66 Å². The van der Waals surface area contributed by atoms with Gasteiger partial charge in [0.2, 0.25) is 0 Å². The molecular weight excluding hydrogens is 341 g/mol. The Kier molecular flexibility index (Phi) is 10.6. The van der Waals surface area contributed by atoms with E-state index in [0.29, 0.717) is 6.42 Å². The minimum absolute atomic E-state index is 0.230. The van der Waals surface area contributed by atoms with E-state index < -0.39 is 19.2 Å². The van der Waals surface area contributed by atoms with Crippen molar-refractivity contribution in [1.29, 1.82) is 0 Å². The highest BCUT2D eigenvalue weighted by Crippen LogP contribution is 2.55. The maximum Gasteiger partial charge on any atom is 0.344 e. The average Bonchev–Trinajstić information content (AvgIpc) is 2.59. The van der Waals surface area contributed by atoms with Crippen molar-refractivity contribution in [2.75, 3.05) is 19.8 Å². The van der Waals surface area contributed by atoms with Crippen LogP contribution < -0.4 is 0 Å². The number of aromatic nitrogens is 1. The largest absolute Gasteiger partial charge is 0.465 e. The van der Waals surface area contributed by atoms with E-state index in [0.717, 1.165) is 25.7 Å². The van der Waals surface area contributed by atoms with E-state index in [2.05, 4.69) is 4.98 Å². The highest BCUT2D eigenvalue weighted by molar-refractivity contribution is 7.55. The van der Waals surface area contributed by atoms with Crippen LogP contribution in [0.1, 0.15) is 52.0 Å². The molecule has 0 aliphatic rings. The van der Waals surface area contributed by atoms with Crippen molar-refractivity contribution in [3.8, 4) is 0 Å². The Morgan fingerprint density at radius 2 is 1.84 bits per heavy atom. The minimum atomic E-state index is -3.51. The molecule has 0 saturated carbocycles. The number of esters is 1. The molecule has 1 heterocycles. The lowest BCUT2D eigenvalue weighted by atomic mass is 10.1. The molecule has 1 rings (SSSR count). The molecule has 0 fully saturated rings. The van der Waals surface area contributed by atoms with E-state index in [1.807, 2.05) is 18.3 Å². The Morgan fingerprint density at radius 1 is 1.12 bits per heavy atom. The van der Waals surface area contributed by atoms with Gasteiger partial charge in [-0.05, 0) is 51.7 Å². The topological polar surface area (TPSA) is 74.7 Å². The zero-order valence-corrected chi connectivity index (χ0v) is 16.4. The summed E-state index contributed by atoms with van der Waals surface area (Å²) in [5, 5.41) is 0. The first-order valence-electron chi connectivity index (χ1n) is 9.01. The number of nitrogens with zero attached hydrogens (tertiary/aromatic N) is 1. The lowest BCUT2D eigenvalue weighted by Crippen LogP contribution is -2.26. The summed E-state index contributed by atoms with van der Waals surface area (Å²) in [5.74, 6) is -0.500. The summed E-state index contributed by atoms with van der Waals surface area (Å²) >= 11 is 0. The van der Waals surface area contributed by atoms with Crippen molar-refractivity contribution in [3.05, 3.63) is 30.1 Å². The molecule has 0 spiro atoms. The van der Waals surface area contributed by atoms with Crippen LogP contribution in [0.2, 0.25) is 0 Å². The fourth-order valence-electron chi connectivity index (χ4n) is 2.61. The first-order chi connectivity index (χ1) is 12.1. The van der Waals surface area contributed by atoms with Gasteiger partial charge in [0.25, 0.3) is 0 Å². The van der Waals surface area contributed by atoms with Crippen molar-refractivity contribution in [1.82, 2.24) is 4.98 Å². The van der Waals surface area contributed by atoms with Crippen LogP contribution >= 0.6 is 7.60 Å². The van der Waals surface area contributed by atoms with E-state index in [4.69, 9.17) is 13.8 Å². The number of hydrogen-bond acceptors (Lipinski definition) is 6. The third kappa shape index (κ3) is 7.68. The summed E-state index contributed by atoms with van der Waals surface area (Å²) in [4.78, 5) is 16.4. The van der Waals surface area contributed by atoms with E-state index in [1.54, 1.807) is 27.0 Å². The van der Waals surface area contributed by atoms with Gasteiger partial charge in [0.1, 0.15) is 0 Å². The number of aryl methyl sites for hydroxylation is 1. The fraction of sp³-hybridized carbons (Fsp3) is 0.667. The molecule has 7 heteroatoms.